The zero-order valence-electron chi connectivity index (χ0n) is 15.5. The number of fused-ring (bicyclic) bond motifs is 1. The first-order chi connectivity index (χ1) is 13.2. The topological polar surface area (TPSA) is 67.1 Å². The van der Waals surface area contributed by atoms with Crippen LogP contribution in [0.1, 0.15) is 12.5 Å². The highest BCUT2D eigenvalue weighted by molar-refractivity contribution is 7.97. The number of nitrogen functional groups attached to an aromatic ring is 1. The van der Waals surface area contributed by atoms with Crippen LogP contribution in [0, 0.1) is 0 Å². The summed E-state index contributed by atoms with van der Waals surface area (Å²) in [5.74, 6) is 0. The summed E-state index contributed by atoms with van der Waals surface area (Å²) in [7, 11) is 0. The smallest absolute Gasteiger partial charge is 0.115 e. The van der Waals surface area contributed by atoms with Crippen molar-refractivity contribution in [3.8, 4) is 0 Å². The molecule has 6 heteroatoms. The Morgan fingerprint density at radius 2 is 1.81 bits per heavy atom. The van der Waals surface area contributed by atoms with Crippen LogP contribution in [0.4, 0.5) is 11.4 Å². The van der Waals surface area contributed by atoms with E-state index < -0.39 is 0 Å². The van der Waals surface area contributed by atoms with Crippen LogP contribution in [-0.4, -0.2) is 29.1 Å². The van der Waals surface area contributed by atoms with Crippen LogP contribution >= 0.6 is 11.9 Å². The number of nitrogens with zero attached hydrogens (tertiary/aromatic N) is 3. The fourth-order valence-corrected chi connectivity index (χ4v) is 3.73. The molecular weight excluding hydrogens is 354 g/mol. The SMILES string of the molecule is CC(CNSc1ccc(N)cc1)N1CCc2ccccc21.c1cncnc1. The molecule has 4 rings (SSSR count). The van der Waals surface area contributed by atoms with Crippen molar-refractivity contribution < 1.29 is 0 Å². The molecule has 0 radical (unpaired) electrons. The molecule has 0 fully saturated rings. The van der Waals surface area contributed by atoms with Gasteiger partial charge >= 0.3 is 0 Å². The molecule has 140 valence electrons. The molecule has 2 heterocycles. The van der Waals surface area contributed by atoms with Crippen molar-refractivity contribution in [3.05, 3.63) is 78.9 Å². The van der Waals surface area contributed by atoms with E-state index in [1.54, 1.807) is 30.4 Å². The van der Waals surface area contributed by atoms with Crippen molar-refractivity contribution in [2.45, 2.75) is 24.3 Å². The molecule has 0 amide bonds. The second kappa shape index (κ2) is 9.94. The number of hydrogen-bond donors (Lipinski definition) is 2. The van der Waals surface area contributed by atoms with Gasteiger partial charge in [0.25, 0.3) is 0 Å². The summed E-state index contributed by atoms with van der Waals surface area (Å²) in [6, 6.07) is 18.9. The van der Waals surface area contributed by atoms with Gasteiger partial charge in [0.2, 0.25) is 0 Å². The molecule has 3 N–H and O–H groups in total. The number of hydrogen-bond acceptors (Lipinski definition) is 6. The molecule has 0 bridgehead atoms. The molecule has 0 saturated heterocycles. The van der Waals surface area contributed by atoms with Crippen molar-refractivity contribution in [1.29, 1.82) is 0 Å². The molecule has 5 nitrogen and oxygen atoms in total. The van der Waals surface area contributed by atoms with Gasteiger partial charge in [-0.3, -0.25) is 4.72 Å². The van der Waals surface area contributed by atoms with E-state index in [-0.39, 0.29) is 0 Å². The van der Waals surface area contributed by atoms with E-state index >= 15 is 0 Å². The Balaban J connectivity index is 0.000000299. The maximum Gasteiger partial charge on any atom is 0.115 e. The van der Waals surface area contributed by atoms with Crippen LogP contribution in [0.15, 0.2) is 78.2 Å². The van der Waals surface area contributed by atoms with Crippen LogP contribution < -0.4 is 15.4 Å². The van der Waals surface area contributed by atoms with Gasteiger partial charge in [0, 0.05) is 47.8 Å². The van der Waals surface area contributed by atoms with Gasteiger partial charge in [0.1, 0.15) is 6.33 Å². The first-order valence-electron chi connectivity index (χ1n) is 9.04. The summed E-state index contributed by atoms with van der Waals surface area (Å²) in [5, 5.41) is 0. The minimum atomic E-state index is 0.481. The lowest BCUT2D eigenvalue weighted by molar-refractivity contribution is 0.645. The van der Waals surface area contributed by atoms with Crippen LogP contribution in [0.3, 0.4) is 0 Å². The second-order valence-electron chi connectivity index (χ2n) is 6.34. The quantitative estimate of drug-likeness (QED) is 0.519. The summed E-state index contributed by atoms with van der Waals surface area (Å²) >= 11 is 1.67. The Morgan fingerprint density at radius 1 is 1.07 bits per heavy atom. The third kappa shape index (κ3) is 5.70. The number of nitrogens with two attached hydrogens (primary N) is 1. The monoisotopic (exact) mass is 379 g/mol. The minimum Gasteiger partial charge on any atom is -0.399 e. The van der Waals surface area contributed by atoms with E-state index in [0.717, 1.165) is 25.2 Å². The van der Waals surface area contributed by atoms with E-state index in [1.807, 2.05) is 24.3 Å². The van der Waals surface area contributed by atoms with Gasteiger partial charge in [0.15, 0.2) is 0 Å². The van der Waals surface area contributed by atoms with Gasteiger partial charge in [-0.15, -0.1) is 0 Å². The molecule has 1 atom stereocenters. The lowest BCUT2D eigenvalue weighted by Gasteiger charge is -2.27. The highest BCUT2D eigenvalue weighted by Crippen LogP contribution is 2.29. The van der Waals surface area contributed by atoms with Crippen LogP contribution in [-0.2, 0) is 6.42 Å². The average Bonchev–Trinajstić information content (AvgIpc) is 3.15. The maximum absolute atomic E-state index is 5.70. The number of aromatic nitrogens is 2. The number of nitrogens with one attached hydrogen (secondary N) is 1. The van der Waals surface area contributed by atoms with Crippen molar-refractivity contribution in [3.63, 3.8) is 0 Å². The minimum absolute atomic E-state index is 0.481. The molecule has 0 saturated carbocycles. The van der Waals surface area contributed by atoms with Gasteiger partial charge in [-0.05, 0) is 67.3 Å². The molecule has 0 aliphatic carbocycles. The van der Waals surface area contributed by atoms with Gasteiger partial charge in [0.05, 0.1) is 0 Å². The second-order valence-corrected chi connectivity index (χ2v) is 7.31. The van der Waals surface area contributed by atoms with E-state index in [2.05, 4.69) is 50.8 Å². The van der Waals surface area contributed by atoms with Crippen LogP contribution in [0.2, 0.25) is 0 Å². The first kappa shape index (κ1) is 19.2. The zero-order valence-corrected chi connectivity index (χ0v) is 16.3. The third-order valence-corrected chi connectivity index (χ3v) is 5.20. The van der Waals surface area contributed by atoms with Crippen molar-refractivity contribution in [2.24, 2.45) is 0 Å². The zero-order chi connectivity index (χ0) is 18.9. The summed E-state index contributed by atoms with van der Waals surface area (Å²) < 4.78 is 3.46. The lowest BCUT2D eigenvalue weighted by Crippen LogP contribution is -2.37. The number of anilines is 2. The number of benzene rings is 2. The fourth-order valence-electron chi connectivity index (χ4n) is 2.97. The van der Waals surface area contributed by atoms with E-state index in [0.29, 0.717) is 6.04 Å². The first-order valence-corrected chi connectivity index (χ1v) is 9.85. The Bertz CT molecular complexity index is 784. The molecule has 1 unspecified atom stereocenters. The fraction of sp³-hybridized carbons (Fsp3) is 0.238. The molecule has 1 aliphatic heterocycles. The summed E-state index contributed by atoms with van der Waals surface area (Å²) in [6.07, 6.45) is 6.03. The largest absolute Gasteiger partial charge is 0.399 e. The Morgan fingerprint density at radius 3 is 2.48 bits per heavy atom. The molecule has 1 aromatic heterocycles. The number of para-hydroxylation sites is 1. The lowest BCUT2D eigenvalue weighted by atomic mass is 10.2. The molecule has 27 heavy (non-hydrogen) atoms. The molecule has 2 aromatic carbocycles. The molecular formula is C21H25N5S. The Labute approximate surface area is 165 Å². The summed E-state index contributed by atoms with van der Waals surface area (Å²) in [4.78, 5) is 11.0. The Kier molecular flexibility index (Phi) is 7.07. The standard InChI is InChI=1S/C17H21N3S.C4H4N2/c1-13(12-19-21-16-8-6-15(18)7-9-16)20-11-10-14-4-2-3-5-17(14)20;1-2-5-4-6-3-1/h2-9,13,19H,10-12,18H2,1H3;1-4H. The van der Waals surface area contributed by atoms with Crippen LogP contribution in [0.25, 0.3) is 0 Å². The van der Waals surface area contributed by atoms with Gasteiger partial charge in [-0.1, -0.05) is 18.2 Å². The van der Waals surface area contributed by atoms with Crippen molar-refractivity contribution in [1.82, 2.24) is 14.7 Å². The van der Waals surface area contributed by atoms with E-state index in [9.17, 15) is 0 Å². The summed E-state index contributed by atoms with van der Waals surface area (Å²) in [6.45, 7) is 4.34. The molecule has 3 aromatic rings. The van der Waals surface area contributed by atoms with Crippen LogP contribution in [0.5, 0.6) is 0 Å². The predicted octanol–water partition coefficient (Wildman–Crippen LogP) is 3.79. The summed E-state index contributed by atoms with van der Waals surface area (Å²) in [5.41, 5.74) is 9.36. The van der Waals surface area contributed by atoms with Gasteiger partial charge in [-0.25, -0.2) is 9.97 Å². The Hall–Kier alpha value is -2.57. The highest BCUT2D eigenvalue weighted by atomic mass is 32.2. The average molecular weight is 380 g/mol. The molecule has 0 spiro atoms. The highest BCUT2D eigenvalue weighted by Gasteiger charge is 2.22. The molecule has 1 aliphatic rings. The predicted molar refractivity (Wildman–Crippen MR) is 114 cm³/mol. The van der Waals surface area contributed by atoms with E-state index in [1.165, 1.54) is 22.5 Å². The van der Waals surface area contributed by atoms with Gasteiger partial charge in [-0.2, -0.15) is 0 Å². The third-order valence-electron chi connectivity index (χ3n) is 4.38. The number of rotatable bonds is 5. The van der Waals surface area contributed by atoms with E-state index in [4.69, 9.17) is 5.73 Å². The van der Waals surface area contributed by atoms with Crippen molar-refractivity contribution >= 4 is 23.3 Å². The maximum atomic E-state index is 5.70. The normalized spacial score (nSPS) is 13.4. The van der Waals surface area contributed by atoms with Gasteiger partial charge < -0.3 is 10.6 Å². The van der Waals surface area contributed by atoms with Crippen molar-refractivity contribution in [2.75, 3.05) is 23.7 Å².